The Hall–Kier alpha value is -7.12. The molecule has 0 bridgehead atoms. The van der Waals surface area contributed by atoms with Gasteiger partial charge < -0.3 is 19.6 Å². The van der Waals surface area contributed by atoms with E-state index in [1.54, 1.807) is 0 Å². The summed E-state index contributed by atoms with van der Waals surface area (Å²) in [6.45, 7) is 6.18. The molecule has 0 spiro atoms. The van der Waals surface area contributed by atoms with Gasteiger partial charge in [-0.1, -0.05) is 78.9 Å². The summed E-state index contributed by atoms with van der Waals surface area (Å²) >= 11 is 0. The number of hydrogen-bond acceptors (Lipinski definition) is 6. The third-order valence-corrected chi connectivity index (χ3v) is 10.7. The molecular weight excluding hydrogens is 675 g/mol. The van der Waals surface area contributed by atoms with E-state index in [1.165, 1.54) is 22.7 Å². The van der Waals surface area contributed by atoms with Crippen LogP contribution in [0.3, 0.4) is 0 Å². The van der Waals surface area contributed by atoms with Crippen molar-refractivity contribution in [2.24, 2.45) is 0 Å². The van der Waals surface area contributed by atoms with Gasteiger partial charge in [0.15, 0.2) is 11.6 Å². The van der Waals surface area contributed by atoms with E-state index in [4.69, 9.17) is 10.1 Å². The quantitative estimate of drug-likeness (QED) is 0.164. The van der Waals surface area contributed by atoms with Gasteiger partial charge in [-0.2, -0.15) is 0 Å². The third-order valence-electron chi connectivity index (χ3n) is 10.7. The molecule has 0 radical (unpaired) electrons. The van der Waals surface area contributed by atoms with Crippen molar-refractivity contribution in [1.29, 1.82) is 0 Å². The Balaban J connectivity index is 1.05. The Morgan fingerprint density at radius 2 is 0.727 bits per heavy atom. The van der Waals surface area contributed by atoms with Crippen molar-refractivity contribution in [3.05, 3.63) is 176 Å². The maximum Gasteiger partial charge on any atom is 0.182 e. The monoisotopic (exact) mass is 713 g/mol. The number of hydrogen-bond donors (Lipinski definition) is 0. The van der Waals surface area contributed by atoms with Crippen LogP contribution in [0.5, 0.6) is 0 Å². The first-order valence-electron chi connectivity index (χ1n) is 19.0. The van der Waals surface area contributed by atoms with Crippen molar-refractivity contribution in [2.75, 3.05) is 32.7 Å². The lowest BCUT2D eigenvalue weighted by Gasteiger charge is -2.40. The van der Waals surface area contributed by atoms with Gasteiger partial charge in [0.1, 0.15) is 0 Å². The van der Waals surface area contributed by atoms with Crippen LogP contribution < -0.4 is 19.6 Å². The van der Waals surface area contributed by atoms with Gasteiger partial charge in [-0.05, 0) is 111 Å². The first kappa shape index (κ1) is 32.5. The minimum absolute atomic E-state index is 0.681. The summed E-state index contributed by atoms with van der Waals surface area (Å²) in [5.41, 5.74) is 14.5. The Kier molecular flexibility index (Phi) is 7.91. The second-order valence-corrected chi connectivity index (χ2v) is 13.7. The molecule has 8 aromatic rings. The highest BCUT2D eigenvalue weighted by Crippen LogP contribution is 2.52. The molecule has 0 saturated heterocycles. The van der Waals surface area contributed by atoms with Gasteiger partial charge in [0.2, 0.25) is 0 Å². The first-order valence-corrected chi connectivity index (χ1v) is 19.0. The molecule has 10 rings (SSSR count). The average Bonchev–Trinajstić information content (AvgIpc) is 3.71. The second kappa shape index (κ2) is 13.4. The SMILES string of the molecule is CCN1c2ccccc2N(c2ccc(-c3nc(-c4ccccc4)nn3-c3ccc(N4c5ccccc5N(CC)c5ccccc54)cc3)cc2)c2ccccc21. The van der Waals surface area contributed by atoms with Crippen molar-refractivity contribution < 1.29 is 0 Å². The zero-order chi connectivity index (χ0) is 36.9. The van der Waals surface area contributed by atoms with E-state index in [0.29, 0.717) is 5.82 Å². The molecule has 0 unspecified atom stereocenters. The zero-order valence-corrected chi connectivity index (χ0v) is 30.8. The van der Waals surface area contributed by atoms with Crippen LogP contribution in [0.1, 0.15) is 13.8 Å². The number of rotatable bonds is 7. The van der Waals surface area contributed by atoms with Gasteiger partial charge in [0.05, 0.1) is 51.2 Å². The maximum atomic E-state index is 5.17. The largest absolute Gasteiger partial charge is 0.338 e. The van der Waals surface area contributed by atoms with Crippen LogP contribution in [-0.4, -0.2) is 27.9 Å². The maximum absolute atomic E-state index is 5.17. The summed E-state index contributed by atoms with van der Waals surface area (Å²) in [5.74, 6) is 1.46. The lowest BCUT2D eigenvalue weighted by atomic mass is 10.1. The number of anilines is 10. The Labute approximate surface area is 321 Å². The van der Waals surface area contributed by atoms with E-state index in [1.807, 2.05) is 22.9 Å². The lowest BCUT2D eigenvalue weighted by molar-refractivity contribution is 0.890. The Morgan fingerprint density at radius 1 is 0.364 bits per heavy atom. The van der Waals surface area contributed by atoms with Crippen LogP contribution in [-0.2, 0) is 0 Å². The van der Waals surface area contributed by atoms with Crippen LogP contribution in [0.25, 0.3) is 28.5 Å². The normalized spacial score (nSPS) is 12.9. The summed E-state index contributed by atoms with van der Waals surface area (Å²) in [6.07, 6.45) is 0. The Morgan fingerprint density at radius 3 is 1.15 bits per heavy atom. The molecule has 266 valence electrons. The predicted octanol–water partition coefficient (Wildman–Crippen LogP) is 12.5. The van der Waals surface area contributed by atoms with Gasteiger partial charge in [0.25, 0.3) is 0 Å². The predicted molar refractivity (Wildman–Crippen MR) is 227 cm³/mol. The van der Waals surface area contributed by atoms with E-state index < -0.39 is 0 Å². The molecule has 0 N–H and O–H groups in total. The Bertz CT molecular complexity index is 2390. The highest BCUT2D eigenvalue weighted by molar-refractivity contribution is 5.99. The number of nitrogens with zero attached hydrogens (tertiary/aromatic N) is 7. The molecule has 0 aliphatic carbocycles. The number of aromatic nitrogens is 3. The standard InChI is InChI=1S/C48H39N7/c1-3-51-39-18-8-12-22-43(39)53(44-23-13-9-19-40(44)51)36-28-26-35(27-29-36)48-49-47(34-16-6-5-7-17-34)50-55(48)38-32-30-37(31-33-38)54-45-24-14-10-20-41(45)52(4-2)42-21-11-15-25-46(42)54/h5-33H,3-4H2,1-2H3. The second-order valence-electron chi connectivity index (χ2n) is 13.7. The fraction of sp³-hybridized carbons (Fsp3) is 0.0833. The molecule has 3 heterocycles. The van der Waals surface area contributed by atoms with Crippen LogP contribution in [0.15, 0.2) is 176 Å². The molecule has 0 fully saturated rings. The van der Waals surface area contributed by atoms with E-state index in [9.17, 15) is 0 Å². The van der Waals surface area contributed by atoms with Gasteiger partial charge in [0, 0.05) is 35.6 Å². The van der Waals surface area contributed by atoms with Gasteiger partial charge in [-0.15, -0.1) is 5.10 Å². The van der Waals surface area contributed by atoms with Crippen molar-refractivity contribution in [1.82, 2.24) is 14.8 Å². The van der Waals surface area contributed by atoms with Gasteiger partial charge in [-0.25, -0.2) is 9.67 Å². The molecule has 55 heavy (non-hydrogen) atoms. The molecular formula is C48H39N7. The van der Waals surface area contributed by atoms with Crippen molar-refractivity contribution >= 4 is 56.9 Å². The lowest BCUT2D eigenvalue weighted by Crippen LogP contribution is -2.26. The van der Waals surface area contributed by atoms with E-state index >= 15 is 0 Å². The molecule has 0 saturated carbocycles. The summed E-state index contributed by atoms with van der Waals surface area (Å²) in [6, 6.07) is 62.1. The minimum atomic E-state index is 0.681. The van der Waals surface area contributed by atoms with Crippen LogP contribution in [0.2, 0.25) is 0 Å². The van der Waals surface area contributed by atoms with Crippen LogP contribution in [0, 0.1) is 0 Å². The fourth-order valence-corrected chi connectivity index (χ4v) is 8.17. The van der Waals surface area contributed by atoms with Crippen molar-refractivity contribution in [3.8, 4) is 28.5 Å². The summed E-state index contributed by atoms with van der Waals surface area (Å²) in [5, 5.41) is 5.12. The summed E-state index contributed by atoms with van der Waals surface area (Å²) < 4.78 is 1.97. The van der Waals surface area contributed by atoms with Crippen molar-refractivity contribution in [2.45, 2.75) is 13.8 Å². The molecule has 0 amide bonds. The molecule has 1 aromatic heterocycles. The third kappa shape index (κ3) is 5.35. The molecule has 0 atom stereocenters. The van der Waals surface area contributed by atoms with Crippen molar-refractivity contribution in [3.63, 3.8) is 0 Å². The van der Waals surface area contributed by atoms with E-state index in [0.717, 1.165) is 69.9 Å². The van der Waals surface area contributed by atoms with Crippen LogP contribution in [0.4, 0.5) is 56.9 Å². The summed E-state index contributed by atoms with van der Waals surface area (Å²) in [7, 11) is 0. The first-order chi connectivity index (χ1) is 27.2. The average molecular weight is 714 g/mol. The molecule has 7 aromatic carbocycles. The highest BCUT2D eigenvalue weighted by atomic mass is 15.4. The summed E-state index contributed by atoms with van der Waals surface area (Å²) in [4.78, 5) is 14.7. The van der Waals surface area contributed by atoms with E-state index in [-0.39, 0.29) is 0 Å². The molecule has 7 heteroatoms. The fourth-order valence-electron chi connectivity index (χ4n) is 8.17. The number of para-hydroxylation sites is 8. The van der Waals surface area contributed by atoms with Gasteiger partial charge >= 0.3 is 0 Å². The minimum Gasteiger partial charge on any atom is -0.338 e. The van der Waals surface area contributed by atoms with Crippen LogP contribution >= 0.6 is 0 Å². The van der Waals surface area contributed by atoms with E-state index in [2.05, 4.69) is 191 Å². The molecule has 7 nitrogen and oxygen atoms in total. The smallest absolute Gasteiger partial charge is 0.182 e. The topological polar surface area (TPSA) is 43.7 Å². The number of fused-ring (bicyclic) bond motifs is 4. The highest BCUT2D eigenvalue weighted by Gasteiger charge is 2.30. The van der Waals surface area contributed by atoms with Gasteiger partial charge in [-0.3, -0.25) is 0 Å². The molecule has 2 aliphatic heterocycles. The molecule has 2 aliphatic rings. The number of benzene rings is 7. The zero-order valence-electron chi connectivity index (χ0n) is 30.8.